The van der Waals surface area contributed by atoms with Crippen molar-refractivity contribution < 1.29 is 35.1 Å². The molecule has 33 heavy (non-hydrogen) atoms. The number of benzene rings is 2. The maximum absolute atomic E-state index is 12.9. The van der Waals surface area contributed by atoms with Gasteiger partial charge in [0.25, 0.3) is 0 Å². The molecule has 2 rings (SSSR count). The molecule has 0 heterocycles. The molecular weight excluding hydrogens is 424 g/mol. The van der Waals surface area contributed by atoms with Gasteiger partial charge in [0, 0.05) is 23.3 Å². The van der Waals surface area contributed by atoms with Crippen LogP contribution in [0.3, 0.4) is 0 Å². The van der Waals surface area contributed by atoms with E-state index in [1.807, 2.05) is 6.92 Å². The van der Waals surface area contributed by atoms with Crippen molar-refractivity contribution in [3.05, 3.63) is 59.2 Å². The minimum Gasteiger partial charge on any atom is -0.508 e. The Morgan fingerprint density at radius 3 is 2.36 bits per heavy atom. The molecule has 0 aliphatic heterocycles. The predicted octanol–water partition coefficient (Wildman–Crippen LogP) is 4.70. The highest BCUT2D eigenvalue weighted by molar-refractivity contribution is 6.11. The van der Waals surface area contributed by atoms with E-state index in [9.17, 15) is 30.3 Å². The summed E-state index contributed by atoms with van der Waals surface area (Å²) in [5, 5.41) is 50.9. The van der Waals surface area contributed by atoms with E-state index < -0.39 is 17.1 Å². The van der Waals surface area contributed by atoms with E-state index in [1.165, 1.54) is 31.4 Å². The summed E-state index contributed by atoms with van der Waals surface area (Å²) in [5.74, 6) is -1.67. The van der Waals surface area contributed by atoms with E-state index in [-0.39, 0.29) is 46.5 Å². The normalized spacial score (nSPS) is 12.6. The molecule has 5 N–H and O–H groups in total. The number of phenolic OH excluding ortho intramolecular Hbond substituents is 4. The molecule has 0 aliphatic rings. The number of methoxy groups -OCH3 is 1. The molecule has 1 atom stereocenters. The molecule has 7 nitrogen and oxygen atoms in total. The molecule has 0 saturated heterocycles. The van der Waals surface area contributed by atoms with Crippen LogP contribution in [0.15, 0.2) is 42.5 Å². The van der Waals surface area contributed by atoms with Crippen LogP contribution in [0.1, 0.15) is 55.1 Å². The quantitative estimate of drug-likeness (QED) is 0.199. The van der Waals surface area contributed by atoms with Gasteiger partial charge >= 0.3 is 0 Å². The lowest BCUT2D eigenvalue weighted by atomic mass is 9.85. The first-order chi connectivity index (χ1) is 15.3. The van der Waals surface area contributed by atoms with Crippen molar-refractivity contribution in [3.8, 4) is 28.7 Å². The van der Waals surface area contributed by atoms with Gasteiger partial charge in [-0.1, -0.05) is 12.2 Å². The number of carbonyl (C=O) groups excluding carboxylic acids is 1. The van der Waals surface area contributed by atoms with Crippen molar-refractivity contribution in [1.82, 2.24) is 0 Å². The summed E-state index contributed by atoms with van der Waals surface area (Å²) in [6.07, 6.45) is 3.80. The second-order valence-electron chi connectivity index (χ2n) is 8.84. The topological polar surface area (TPSA) is 127 Å². The fraction of sp³-hybridized carbons (Fsp3) is 0.346. The lowest BCUT2D eigenvalue weighted by molar-refractivity contribution is 0.0650. The third kappa shape index (κ3) is 6.76. The van der Waals surface area contributed by atoms with Gasteiger partial charge in [-0.25, -0.2) is 0 Å². The molecule has 0 radical (unpaired) electrons. The Kier molecular flexibility index (Phi) is 8.17. The summed E-state index contributed by atoms with van der Waals surface area (Å²) in [6.45, 7) is 9.25. The van der Waals surface area contributed by atoms with Crippen LogP contribution in [0.2, 0.25) is 0 Å². The predicted molar refractivity (Wildman–Crippen MR) is 127 cm³/mol. The number of phenols is 4. The van der Waals surface area contributed by atoms with E-state index in [1.54, 1.807) is 13.8 Å². The number of hydrogen-bond acceptors (Lipinski definition) is 7. The second-order valence-corrected chi connectivity index (χ2v) is 8.84. The number of aromatic hydroxyl groups is 4. The highest BCUT2D eigenvalue weighted by Gasteiger charge is 2.26. The minimum atomic E-state index is -0.872. The minimum absolute atomic E-state index is 0.00157. The molecule has 2 aromatic carbocycles. The van der Waals surface area contributed by atoms with Gasteiger partial charge in [-0.2, -0.15) is 0 Å². The third-order valence-corrected chi connectivity index (χ3v) is 5.49. The van der Waals surface area contributed by atoms with Crippen molar-refractivity contribution in [2.45, 2.75) is 45.6 Å². The zero-order chi connectivity index (χ0) is 24.9. The molecule has 0 aliphatic carbocycles. The standard InChI is InChI=1S/C26H32O7/c1-15(2)17(10-11-26(3,4)32)12-19-22(30)14-23(33-5)24(25(19)31)20(28)9-7-16-6-8-18(27)13-21(16)29/h6-9,13-14,17,27,29-32H,1,10-12H2,2-5H3/b9-7+. The van der Waals surface area contributed by atoms with Crippen LogP contribution in [0.4, 0.5) is 0 Å². The van der Waals surface area contributed by atoms with E-state index in [2.05, 4.69) is 6.58 Å². The zero-order valence-corrected chi connectivity index (χ0v) is 19.4. The van der Waals surface area contributed by atoms with Gasteiger partial charge in [0.1, 0.15) is 34.3 Å². The summed E-state index contributed by atoms with van der Waals surface area (Å²) in [4.78, 5) is 12.9. The van der Waals surface area contributed by atoms with Crippen molar-refractivity contribution >= 4 is 11.9 Å². The van der Waals surface area contributed by atoms with Gasteiger partial charge in [0.15, 0.2) is 5.78 Å². The summed E-state index contributed by atoms with van der Waals surface area (Å²) >= 11 is 0. The zero-order valence-electron chi connectivity index (χ0n) is 19.4. The van der Waals surface area contributed by atoms with Crippen molar-refractivity contribution in [2.75, 3.05) is 7.11 Å². The Bertz CT molecular complexity index is 1060. The van der Waals surface area contributed by atoms with Gasteiger partial charge in [0.05, 0.1) is 12.7 Å². The van der Waals surface area contributed by atoms with Gasteiger partial charge in [-0.3, -0.25) is 4.79 Å². The van der Waals surface area contributed by atoms with Crippen molar-refractivity contribution in [1.29, 1.82) is 0 Å². The fourth-order valence-electron chi connectivity index (χ4n) is 3.49. The molecule has 0 fully saturated rings. The van der Waals surface area contributed by atoms with Crippen LogP contribution in [0.5, 0.6) is 28.7 Å². The van der Waals surface area contributed by atoms with Crippen molar-refractivity contribution in [2.24, 2.45) is 5.92 Å². The monoisotopic (exact) mass is 456 g/mol. The van der Waals surface area contributed by atoms with Crippen LogP contribution in [-0.2, 0) is 6.42 Å². The maximum atomic E-state index is 12.9. The average Bonchev–Trinajstić information content (AvgIpc) is 2.70. The molecule has 0 aromatic heterocycles. The Morgan fingerprint density at radius 1 is 1.15 bits per heavy atom. The van der Waals surface area contributed by atoms with Crippen LogP contribution in [-0.4, -0.2) is 44.0 Å². The number of ether oxygens (including phenoxy) is 1. The number of aliphatic hydroxyl groups is 1. The molecular formula is C26H32O7. The van der Waals surface area contributed by atoms with Gasteiger partial charge in [-0.15, -0.1) is 0 Å². The van der Waals surface area contributed by atoms with E-state index in [0.29, 0.717) is 18.4 Å². The average molecular weight is 457 g/mol. The first-order valence-electron chi connectivity index (χ1n) is 10.6. The van der Waals surface area contributed by atoms with Crippen LogP contribution >= 0.6 is 0 Å². The Labute approximate surface area is 193 Å². The van der Waals surface area contributed by atoms with Gasteiger partial charge in [0.2, 0.25) is 0 Å². The van der Waals surface area contributed by atoms with Crippen LogP contribution < -0.4 is 4.74 Å². The lowest BCUT2D eigenvalue weighted by Crippen LogP contribution is -2.21. The summed E-state index contributed by atoms with van der Waals surface area (Å²) in [6, 6.07) is 5.23. The van der Waals surface area contributed by atoms with E-state index in [4.69, 9.17) is 4.74 Å². The number of ketones is 1. The van der Waals surface area contributed by atoms with Crippen molar-refractivity contribution in [3.63, 3.8) is 0 Å². The summed E-state index contributed by atoms with van der Waals surface area (Å²) in [7, 11) is 1.32. The maximum Gasteiger partial charge on any atom is 0.193 e. The van der Waals surface area contributed by atoms with Gasteiger partial charge < -0.3 is 30.3 Å². The number of rotatable bonds is 10. The SMILES string of the molecule is C=C(C)C(CCC(C)(C)O)Cc1c(O)cc(OC)c(C(=O)/C=C/c2ccc(O)cc2O)c1O. The first kappa shape index (κ1) is 25.8. The Hall–Kier alpha value is -3.45. The van der Waals surface area contributed by atoms with Gasteiger partial charge in [-0.05, 0) is 70.2 Å². The molecule has 0 saturated carbocycles. The molecule has 0 bridgehead atoms. The molecule has 1 unspecified atom stereocenters. The fourth-order valence-corrected chi connectivity index (χ4v) is 3.49. The smallest absolute Gasteiger partial charge is 0.193 e. The second kappa shape index (κ2) is 10.4. The number of hydrogen-bond donors (Lipinski definition) is 5. The molecule has 0 amide bonds. The lowest BCUT2D eigenvalue weighted by Gasteiger charge is -2.24. The van der Waals surface area contributed by atoms with E-state index in [0.717, 1.165) is 17.7 Å². The molecule has 0 spiro atoms. The first-order valence-corrected chi connectivity index (χ1v) is 10.6. The Balaban J connectivity index is 2.42. The highest BCUT2D eigenvalue weighted by Crippen LogP contribution is 2.41. The molecule has 178 valence electrons. The molecule has 7 heteroatoms. The van der Waals surface area contributed by atoms with Crippen LogP contribution in [0.25, 0.3) is 6.08 Å². The van der Waals surface area contributed by atoms with Crippen LogP contribution in [0, 0.1) is 5.92 Å². The highest BCUT2D eigenvalue weighted by atomic mass is 16.5. The summed E-state index contributed by atoms with van der Waals surface area (Å²) in [5.41, 5.74) is 0.312. The summed E-state index contributed by atoms with van der Waals surface area (Å²) < 4.78 is 5.21. The number of allylic oxidation sites excluding steroid dienone is 2. The number of carbonyl (C=O) groups is 1. The Morgan fingerprint density at radius 2 is 1.82 bits per heavy atom. The third-order valence-electron chi connectivity index (χ3n) is 5.49. The molecule has 2 aromatic rings. The largest absolute Gasteiger partial charge is 0.508 e. The van der Waals surface area contributed by atoms with E-state index >= 15 is 0 Å².